The van der Waals surface area contributed by atoms with Crippen LogP contribution in [0.25, 0.3) is 0 Å². The molecule has 2 atom stereocenters. The fraction of sp³-hybridized carbons (Fsp3) is 0.294. The van der Waals surface area contributed by atoms with E-state index in [-0.39, 0.29) is 5.38 Å². The van der Waals surface area contributed by atoms with Crippen molar-refractivity contribution in [1.82, 2.24) is 0 Å². The van der Waals surface area contributed by atoms with Crippen molar-refractivity contribution in [2.24, 2.45) is 0 Å². The second-order valence-corrected chi connectivity index (χ2v) is 6.83. The van der Waals surface area contributed by atoms with E-state index in [1.165, 1.54) is 5.56 Å². The molecule has 0 saturated heterocycles. The van der Waals surface area contributed by atoms with E-state index in [1.54, 1.807) is 0 Å². The molecule has 0 heterocycles. The first-order valence-electron chi connectivity index (χ1n) is 6.71. The van der Waals surface area contributed by atoms with Crippen LogP contribution in [0.3, 0.4) is 0 Å². The number of alkyl halides is 1. The standard InChI is InChI=1S/C17H17BrCl2/c1-3-11(2)12-4-6-13(7-5-12)17(20)14-8-15(18)10-16(19)9-14/h4-11,17H,3H2,1-2H3. The summed E-state index contributed by atoms with van der Waals surface area (Å²) in [5.74, 6) is 0.582. The van der Waals surface area contributed by atoms with Gasteiger partial charge in [0.05, 0.1) is 5.38 Å². The van der Waals surface area contributed by atoms with Crippen molar-refractivity contribution in [2.75, 3.05) is 0 Å². The molecule has 2 aromatic carbocycles. The highest BCUT2D eigenvalue weighted by Gasteiger charge is 2.13. The zero-order valence-corrected chi connectivity index (χ0v) is 14.6. The third-order valence-corrected chi connectivity index (χ3v) is 4.77. The van der Waals surface area contributed by atoms with Crippen molar-refractivity contribution in [2.45, 2.75) is 31.6 Å². The Kier molecular flexibility index (Phi) is 5.54. The molecule has 0 aliphatic heterocycles. The van der Waals surface area contributed by atoms with E-state index in [0.717, 1.165) is 22.0 Å². The fourth-order valence-corrected chi connectivity index (χ4v) is 3.30. The lowest BCUT2D eigenvalue weighted by Crippen LogP contribution is -1.96. The smallest absolute Gasteiger partial charge is 0.0836 e. The van der Waals surface area contributed by atoms with E-state index in [4.69, 9.17) is 23.2 Å². The first-order valence-corrected chi connectivity index (χ1v) is 8.32. The minimum atomic E-state index is -0.184. The second kappa shape index (κ2) is 6.98. The van der Waals surface area contributed by atoms with Crippen LogP contribution in [0, 0.1) is 0 Å². The van der Waals surface area contributed by atoms with Crippen molar-refractivity contribution >= 4 is 39.1 Å². The Hall–Kier alpha value is -0.500. The van der Waals surface area contributed by atoms with Gasteiger partial charge in [-0.05, 0) is 47.2 Å². The van der Waals surface area contributed by atoms with E-state index in [0.29, 0.717) is 10.9 Å². The average molecular weight is 372 g/mol. The predicted octanol–water partition coefficient (Wildman–Crippen LogP) is 6.94. The highest BCUT2D eigenvalue weighted by Crippen LogP contribution is 2.33. The molecule has 20 heavy (non-hydrogen) atoms. The number of rotatable bonds is 4. The van der Waals surface area contributed by atoms with Crippen LogP contribution < -0.4 is 0 Å². The molecule has 2 aromatic rings. The minimum Gasteiger partial charge on any atom is -0.113 e. The highest BCUT2D eigenvalue weighted by molar-refractivity contribution is 9.10. The monoisotopic (exact) mass is 370 g/mol. The maximum Gasteiger partial charge on any atom is 0.0836 e. The Morgan fingerprint density at radius 1 is 1.00 bits per heavy atom. The number of hydrogen-bond acceptors (Lipinski definition) is 0. The predicted molar refractivity (Wildman–Crippen MR) is 92.0 cm³/mol. The van der Waals surface area contributed by atoms with E-state index in [9.17, 15) is 0 Å². The SMILES string of the molecule is CCC(C)c1ccc(C(Cl)c2cc(Cl)cc(Br)c2)cc1. The van der Waals surface area contributed by atoms with Crippen molar-refractivity contribution in [3.63, 3.8) is 0 Å². The van der Waals surface area contributed by atoms with Gasteiger partial charge in [-0.3, -0.25) is 0 Å². The number of hydrogen-bond donors (Lipinski definition) is 0. The molecule has 106 valence electrons. The molecule has 0 aromatic heterocycles. The molecule has 2 rings (SSSR count). The highest BCUT2D eigenvalue weighted by atomic mass is 79.9. The van der Waals surface area contributed by atoms with Gasteiger partial charge in [0.25, 0.3) is 0 Å². The van der Waals surface area contributed by atoms with Gasteiger partial charge in [-0.15, -0.1) is 11.6 Å². The van der Waals surface area contributed by atoms with Gasteiger partial charge in [0, 0.05) is 9.50 Å². The van der Waals surface area contributed by atoms with Gasteiger partial charge < -0.3 is 0 Å². The zero-order valence-electron chi connectivity index (χ0n) is 11.5. The molecule has 0 aliphatic carbocycles. The molecule has 0 spiro atoms. The molecular formula is C17H17BrCl2. The van der Waals surface area contributed by atoms with Crippen LogP contribution >= 0.6 is 39.1 Å². The molecule has 0 radical (unpaired) electrons. The molecule has 0 nitrogen and oxygen atoms in total. The van der Waals surface area contributed by atoms with E-state index in [1.807, 2.05) is 18.2 Å². The van der Waals surface area contributed by atoms with Crippen LogP contribution in [0.2, 0.25) is 5.02 Å². The van der Waals surface area contributed by atoms with Crippen molar-refractivity contribution in [3.05, 3.63) is 68.7 Å². The Morgan fingerprint density at radius 3 is 2.15 bits per heavy atom. The zero-order chi connectivity index (χ0) is 14.7. The minimum absolute atomic E-state index is 0.184. The van der Waals surface area contributed by atoms with Crippen LogP contribution in [0.1, 0.15) is 48.3 Å². The Labute approximate surface area is 139 Å². The summed E-state index contributed by atoms with van der Waals surface area (Å²) in [6.07, 6.45) is 1.14. The van der Waals surface area contributed by atoms with Gasteiger partial charge in [-0.25, -0.2) is 0 Å². The molecule has 0 bridgehead atoms. The summed E-state index contributed by atoms with van der Waals surface area (Å²) in [7, 11) is 0. The van der Waals surface area contributed by atoms with E-state index < -0.39 is 0 Å². The summed E-state index contributed by atoms with van der Waals surface area (Å²) in [6, 6.07) is 14.3. The molecular weight excluding hydrogens is 355 g/mol. The lowest BCUT2D eigenvalue weighted by molar-refractivity contribution is 0.733. The summed E-state index contributed by atoms with van der Waals surface area (Å²) in [4.78, 5) is 0. The summed E-state index contributed by atoms with van der Waals surface area (Å²) in [5.41, 5.74) is 3.45. The lowest BCUT2D eigenvalue weighted by Gasteiger charge is -2.14. The third-order valence-electron chi connectivity index (χ3n) is 3.59. The molecule has 0 amide bonds. The van der Waals surface area contributed by atoms with Gasteiger partial charge >= 0.3 is 0 Å². The summed E-state index contributed by atoms with van der Waals surface area (Å²) in [5, 5.41) is 0.507. The van der Waals surface area contributed by atoms with Crippen molar-refractivity contribution < 1.29 is 0 Å². The van der Waals surface area contributed by atoms with Gasteiger partial charge in [0.15, 0.2) is 0 Å². The van der Waals surface area contributed by atoms with Crippen LogP contribution in [0.15, 0.2) is 46.9 Å². The molecule has 3 heteroatoms. The van der Waals surface area contributed by atoms with Gasteiger partial charge in [-0.2, -0.15) is 0 Å². The normalized spacial score (nSPS) is 14.1. The van der Waals surface area contributed by atoms with Gasteiger partial charge in [0.1, 0.15) is 0 Å². The Bertz CT molecular complexity index is 558. The Balaban J connectivity index is 2.26. The molecule has 2 unspecified atom stereocenters. The fourth-order valence-electron chi connectivity index (χ4n) is 2.14. The second-order valence-electron chi connectivity index (χ2n) is 5.04. The Morgan fingerprint density at radius 2 is 1.60 bits per heavy atom. The topological polar surface area (TPSA) is 0 Å². The van der Waals surface area contributed by atoms with Crippen LogP contribution in [-0.4, -0.2) is 0 Å². The number of halogens is 3. The number of benzene rings is 2. The van der Waals surface area contributed by atoms with Crippen molar-refractivity contribution in [3.8, 4) is 0 Å². The summed E-state index contributed by atoms with van der Waals surface area (Å²) in [6.45, 7) is 4.44. The molecule has 0 N–H and O–H groups in total. The largest absolute Gasteiger partial charge is 0.113 e. The van der Waals surface area contributed by atoms with Crippen LogP contribution in [0.5, 0.6) is 0 Å². The molecule has 0 saturated carbocycles. The van der Waals surface area contributed by atoms with Crippen LogP contribution in [-0.2, 0) is 0 Å². The quantitative estimate of drug-likeness (QED) is 0.510. The van der Waals surface area contributed by atoms with Gasteiger partial charge in [0.2, 0.25) is 0 Å². The van der Waals surface area contributed by atoms with Gasteiger partial charge in [-0.1, -0.05) is 65.6 Å². The first-order chi connectivity index (χ1) is 9.51. The van der Waals surface area contributed by atoms with E-state index in [2.05, 4.69) is 54.0 Å². The maximum absolute atomic E-state index is 6.56. The maximum atomic E-state index is 6.56. The first kappa shape index (κ1) is 15.9. The lowest BCUT2D eigenvalue weighted by atomic mass is 9.96. The van der Waals surface area contributed by atoms with Crippen molar-refractivity contribution in [1.29, 1.82) is 0 Å². The molecule has 0 aliphatic rings. The van der Waals surface area contributed by atoms with Crippen LogP contribution in [0.4, 0.5) is 0 Å². The third kappa shape index (κ3) is 3.78. The molecule has 0 fully saturated rings. The average Bonchev–Trinajstić information content (AvgIpc) is 2.45. The summed E-state index contributed by atoms with van der Waals surface area (Å²) >= 11 is 16.1. The summed E-state index contributed by atoms with van der Waals surface area (Å²) < 4.78 is 0.946. The van der Waals surface area contributed by atoms with E-state index >= 15 is 0 Å².